The molecule has 0 radical (unpaired) electrons. The number of nitrogens with two attached hydrogens (primary N) is 1. The van der Waals surface area contributed by atoms with Gasteiger partial charge in [-0.1, -0.05) is 19.3 Å². The van der Waals surface area contributed by atoms with E-state index in [-0.39, 0.29) is 16.8 Å². The molecule has 8 nitrogen and oxygen atoms in total. The third-order valence-corrected chi connectivity index (χ3v) is 7.30. The maximum atomic E-state index is 13.4. The summed E-state index contributed by atoms with van der Waals surface area (Å²) < 4.78 is 35.5. The van der Waals surface area contributed by atoms with E-state index >= 15 is 0 Å². The molecule has 2 aromatic rings. The van der Waals surface area contributed by atoms with Gasteiger partial charge in [0.1, 0.15) is 11.3 Å². The van der Waals surface area contributed by atoms with E-state index in [1.54, 1.807) is 6.20 Å². The molecule has 4 rings (SSSR count). The highest BCUT2D eigenvalue weighted by Gasteiger charge is 2.35. The Kier molecular flexibility index (Phi) is 4.85. The van der Waals surface area contributed by atoms with E-state index in [1.165, 1.54) is 16.9 Å². The molecule has 142 valence electrons. The second kappa shape index (κ2) is 7.13. The molecule has 0 bridgehead atoms. The topological polar surface area (TPSA) is 103 Å². The van der Waals surface area contributed by atoms with Gasteiger partial charge >= 0.3 is 0 Å². The van der Waals surface area contributed by atoms with Crippen LogP contribution < -0.4 is 5.73 Å². The lowest BCUT2D eigenvalue weighted by Gasteiger charge is -2.25. The van der Waals surface area contributed by atoms with Crippen LogP contribution in [0.3, 0.4) is 0 Å². The lowest BCUT2D eigenvalue weighted by molar-refractivity contribution is 0.148. The van der Waals surface area contributed by atoms with Gasteiger partial charge in [-0.2, -0.15) is 4.31 Å². The van der Waals surface area contributed by atoms with Gasteiger partial charge in [0.05, 0.1) is 6.61 Å². The summed E-state index contributed by atoms with van der Waals surface area (Å²) in [6, 6.07) is 0.180. The Balaban J connectivity index is 1.85. The van der Waals surface area contributed by atoms with E-state index < -0.39 is 10.0 Å². The summed E-state index contributed by atoms with van der Waals surface area (Å²) in [7, 11) is -3.76. The van der Waals surface area contributed by atoms with Crippen LogP contribution in [0.5, 0.6) is 0 Å². The Morgan fingerprint density at radius 3 is 2.62 bits per heavy atom. The van der Waals surface area contributed by atoms with Crippen molar-refractivity contribution in [1.29, 1.82) is 0 Å². The number of hydrogen-bond donors (Lipinski definition) is 1. The number of ether oxygens (including phenoxy) is 1. The molecular weight excluding hydrogens is 354 g/mol. The normalized spacial score (nSPS) is 21.1. The van der Waals surface area contributed by atoms with Crippen LogP contribution in [0, 0.1) is 0 Å². The SMILES string of the molecule is Nc1c(S(=O)(=O)N2CCCOCC2)c2nccnc2n1C1CCCCC1. The van der Waals surface area contributed by atoms with Gasteiger partial charge in [-0.3, -0.25) is 0 Å². The van der Waals surface area contributed by atoms with Crippen molar-refractivity contribution < 1.29 is 13.2 Å². The number of hydrogen-bond acceptors (Lipinski definition) is 6. The van der Waals surface area contributed by atoms with E-state index in [0.717, 1.165) is 25.7 Å². The largest absolute Gasteiger partial charge is 0.384 e. The van der Waals surface area contributed by atoms with Crippen molar-refractivity contribution in [1.82, 2.24) is 18.8 Å². The Hall–Kier alpha value is -1.71. The molecule has 3 heterocycles. The lowest BCUT2D eigenvalue weighted by atomic mass is 9.95. The van der Waals surface area contributed by atoms with Crippen molar-refractivity contribution in [3.63, 3.8) is 0 Å². The summed E-state index contributed by atoms with van der Waals surface area (Å²) in [5.74, 6) is 0.267. The van der Waals surface area contributed by atoms with Gasteiger partial charge in [0.2, 0.25) is 10.0 Å². The minimum absolute atomic E-state index is 0.105. The summed E-state index contributed by atoms with van der Waals surface area (Å²) in [6.07, 6.45) is 9.22. The molecule has 2 fully saturated rings. The maximum Gasteiger partial charge on any atom is 0.249 e. The number of sulfonamides is 1. The Labute approximate surface area is 153 Å². The predicted octanol–water partition coefficient (Wildman–Crippen LogP) is 1.93. The number of rotatable bonds is 3. The molecule has 1 aliphatic heterocycles. The molecule has 1 aliphatic carbocycles. The molecule has 1 saturated carbocycles. The van der Waals surface area contributed by atoms with Crippen LogP contribution in [0.2, 0.25) is 0 Å². The third kappa shape index (κ3) is 2.97. The summed E-state index contributed by atoms with van der Waals surface area (Å²) >= 11 is 0. The highest BCUT2D eigenvalue weighted by molar-refractivity contribution is 7.89. The fourth-order valence-corrected chi connectivity index (χ4v) is 5.76. The molecule has 0 aromatic carbocycles. The van der Waals surface area contributed by atoms with Crippen LogP contribution in [0.4, 0.5) is 5.82 Å². The van der Waals surface area contributed by atoms with Crippen LogP contribution in [0.15, 0.2) is 17.3 Å². The summed E-state index contributed by atoms with van der Waals surface area (Å²) in [4.78, 5) is 8.87. The molecule has 1 saturated heterocycles. The Morgan fingerprint density at radius 1 is 1.04 bits per heavy atom. The number of fused-ring (bicyclic) bond motifs is 1. The maximum absolute atomic E-state index is 13.4. The summed E-state index contributed by atoms with van der Waals surface area (Å²) in [6.45, 7) is 1.73. The molecule has 0 amide bonds. The number of nitrogen functional groups attached to an aromatic ring is 1. The average Bonchev–Trinajstić information content (AvgIpc) is 2.80. The van der Waals surface area contributed by atoms with Crippen molar-refractivity contribution >= 4 is 27.0 Å². The molecule has 2 N–H and O–H groups in total. The van der Waals surface area contributed by atoms with Gasteiger partial charge in [0, 0.05) is 38.1 Å². The first kappa shape index (κ1) is 17.7. The van der Waals surface area contributed by atoms with Crippen LogP contribution in [0.25, 0.3) is 11.2 Å². The minimum atomic E-state index is -3.76. The highest BCUT2D eigenvalue weighted by atomic mass is 32.2. The van der Waals surface area contributed by atoms with Crippen LogP contribution in [-0.4, -0.2) is 53.6 Å². The van der Waals surface area contributed by atoms with Crippen molar-refractivity contribution in [2.75, 3.05) is 32.0 Å². The molecular formula is C17H25N5O3S. The zero-order chi connectivity index (χ0) is 18.1. The first-order valence-electron chi connectivity index (χ1n) is 9.29. The first-order chi connectivity index (χ1) is 12.6. The zero-order valence-electron chi connectivity index (χ0n) is 14.8. The van der Waals surface area contributed by atoms with Crippen molar-refractivity contribution in [3.8, 4) is 0 Å². The van der Waals surface area contributed by atoms with Gasteiger partial charge in [0.25, 0.3) is 0 Å². The Morgan fingerprint density at radius 2 is 1.81 bits per heavy atom. The predicted molar refractivity (Wildman–Crippen MR) is 98.3 cm³/mol. The van der Waals surface area contributed by atoms with Crippen molar-refractivity contribution in [2.24, 2.45) is 0 Å². The smallest absolute Gasteiger partial charge is 0.249 e. The second-order valence-corrected chi connectivity index (χ2v) is 8.85. The molecule has 0 spiro atoms. The number of anilines is 1. The zero-order valence-corrected chi connectivity index (χ0v) is 15.6. The quantitative estimate of drug-likeness (QED) is 0.874. The van der Waals surface area contributed by atoms with E-state index in [2.05, 4.69) is 9.97 Å². The van der Waals surface area contributed by atoms with E-state index in [4.69, 9.17) is 10.5 Å². The van der Waals surface area contributed by atoms with Crippen LogP contribution >= 0.6 is 0 Å². The second-order valence-electron chi connectivity index (χ2n) is 6.97. The molecule has 26 heavy (non-hydrogen) atoms. The van der Waals surface area contributed by atoms with E-state index in [1.807, 2.05) is 4.57 Å². The fourth-order valence-electron chi connectivity index (χ4n) is 4.07. The van der Waals surface area contributed by atoms with Crippen molar-refractivity contribution in [3.05, 3.63) is 12.4 Å². The highest BCUT2D eigenvalue weighted by Crippen LogP contribution is 2.39. The number of nitrogens with zero attached hydrogens (tertiary/aromatic N) is 4. The number of aromatic nitrogens is 3. The van der Waals surface area contributed by atoms with Gasteiger partial charge < -0.3 is 15.0 Å². The molecule has 9 heteroatoms. The standard InChI is InChI=1S/C17H25N5O3S/c18-16-15(26(23,24)21-9-4-11-25-12-10-21)14-17(20-8-7-19-14)22(16)13-5-2-1-3-6-13/h7-8,13H,1-6,9-12,18H2. The van der Waals surface area contributed by atoms with E-state index in [0.29, 0.717) is 43.9 Å². The summed E-state index contributed by atoms with van der Waals surface area (Å²) in [5, 5.41) is 0. The average molecular weight is 379 g/mol. The molecule has 2 aliphatic rings. The Bertz CT molecular complexity index is 881. The molecule has 2 aromatic heterocycles. The lowest BCUT2D eigenvalue weighted by Crippen LogP contribution is -2.33. The van der Waals surface area contributed by atoms with Crippen LogP contribution in [0.1, 0.15) is 44.6 Å². The third-order valence-electron chi connectivity index (χ3n) is 5.33. The minimum Gasteiger partial charge on any atom is -0.384 e. The molecule has 0 atom stereocenters. The van der Waals surface area contributed by atoms with Gasteiger partial charge in [-0.15, -0.1) is 0 Å². The van der Waals surface area contributed by atoms with E-state index in [9.17, 15) is 8.42 Å². The van der Waals surface area contributed by atoms with Crippen LogP contribution in [-0.2, 0) is 14.8 Å². The van der Waals surface area contributed by atoms with Crippen molar-refractivity contribution in [2.45, 2.75) is 49.5 Å². The summed E-state index contributed by atoms with van der Waals surface area (Å²) in [5.41, 5.74) is 7.37. The first-order valence-corrected chi connectivity index (χ1v) is 10.7. The fraction of sp³-hybridized carbons (Fsp3) is 0.647. The molecule has 0 unspecified atom stereocenters. The van der Waals surface area contributed by atoms with Gasteiger partial charge in [-0.25, -0.2) is 18.4 Å². The van der Waals surface area contributed by atoms with Gasteiger partial charge in [0.15, 0.2) is 10.5 Å². The van der Waals surface area contributed by atoms with Gasteiger partial charge in [-0.05, 0) is 19.3 Å². The monoisotopic (exact) mass is 379 g/mol.